The Morgan fingerprint density at radius 1 is 1.39 bits per heavy atom. The van der Waals surface area contributed by atoms with E-state index >= 15 is 0 Å². The Kier molecular flexibility index (Phi) is 3.66. The second-order valence-corrected chi connectivity index (χ2v) is 3.90. The number of aryl methyl sites for hydroxylation is 1. The fourth-order valence-corrected chi connectivity index (χ4v) is 1.60. The van der Waals surface area contributed by atoms with Crippen molar-refractivity contribution in [2.45, 2.75) is 13.3 Å². The number of nitrogens with two attached hydrogens (primary N) is 1. The van der Waals surface area contributed by atoms with Gasteiger partial charge in [-0.05, 0) is 6.07 Å². The third-order valence-corrected chi connectivity index (χ3v) is 2.41. The summed E-state index contributed by atoms with van der Waals surface area (Å²) < 4.78 is 10.0. The van der Waals surface area contributed by atoms with Crippen molar-refractivity contribution in [1.29, 1.82) is 0 Å². The summed E-state index contributed by atoms with van der Waals surface area (Å²) in [4.78, 5) is 4.13. The van der Waals surface area contributed by atoms with Crippen molar-refractivity contribution < 1.29 is 9.26 Å². The Morgan fingerprint density at radius 3 is 2.89 bits per heavy atom. The van der Waals surface area contributed by atoms with Crippen molar-refractivity contribution in [1.82, 2.24) is 10.1 Å². The normalized spacial score (nSPS) is 10.3. The van der Waals surface area contributed by atoms with Crippen molar-refractivity contribution in [3.8, 4) is 5.75 Å². The summed E-state index contributed by atoms with van der Waals surface area (Å²) in [7, 11) is 1.61. The highest BCUT2D eigenvalue weighted by molar-refractivity contribution is 5.59. The molecule has 0 aliphatic heterocycles. The van der Waals surface area contributed by atoms with Gasteiger partial charge in [0.15, 0.2) is 5.82 Å². The molecule has 0 saturated carbocycles. The Bertz CT molecular complexity index is 525. The van der Waals surface area contributed by atoms with Crippen LogP contribution in [0.5, 0.6) is 5.75 Å². The number of nitrogens with zero attached hydrogens (tertiary/aromatic N) is 2. The lowest BCUT2D eigenvalue weighted by atomic mass is 10.2. The molecule has 1 heterocycles. The first-order valence-corrected chi connectivity index (χ1v) is 5.65. The average molecular weight is 248 g/mol. The van der Waals surface area contributed by atoms with Crippen LogP contribution in [0.2, 0.25) is 0 Å². The number of ether oxygens (including phenoxy) is 1. The minimum Gasteiger partial charge on any atom is -0.497 e. The molecule has 0 aliphatic rings. The first-order valence-electron chi connectivity index (χ1n) is 5.65. The maximum absolute atomic E-state index is 5.76. The summed E-state index contributed by atoms with van der Waals surface area (Å²) >= 11 is 0. The van der Waals surface area contributed by atoms with Crippen LogP contribution in [0, 0.1) is 6.92 Å². The lowest BCUT2D eigenvalue weighted by Crippen LogP contribution is -2.06. The topological polar surface area (TPSA) is 86.2 Å². The highest BCUT2D eigenvalue weighted by Gasteiger charge is 2.02. The molecule has 0 amide bonds. The second kappa shape index (κ2) is 5.39. The number of benzene rings is 1. The zero-order valence-electron chi connectivity index (χ0n) is 10.4. The van der Waals surface area contributed by atoms with Gasteiger partial charge in [-0.1, -0.05) is 5.16 Å². The fraction of sp³-hybridized carbons (Fsp3) is 0.333. The van der Waals surface area contributed by atoms with Gasteiger partial charge in [0.05, 0.1) is 7.11 Å². The Balaban J connectivity index is 1.91. The molecule has 2 aromatic rings. The molecule has 18 heavy (non-hydrogen) atoms. The predicted molar refractivity (Wildman–Crippen MR) is 68.6 cm³/mol. The molecule has 0 aliphatic carbocycles. The van der Waals surface area contributed by atoms with E-state index < -0.39 is 0 Å². The lowest BCUT2D eigenvalue weighted by molar-refractivity contribution is 0.387. The second-order valence-electron chi connectivity index (χ2n) is 3.90. The van der Waals surface area contributed by atoms with E-state index in [0.29, 0.717) is 30.4 Å². The largest absolute Gasteiger partial charge is 0.497 e. The molecule has 1 aromatic heterocycles. The van der Waals surface area contributed by atoms with Crippen molar-refractivity contribution in [2.75, 3.05) is 24.7 Å². The maximum atomic E-state index is 5.76. The monoisotopic (exact) mass is 248 g/mol. The minimum absolute atomic E-state index is 0.579. The number of nitrogens with one attached hydrogen (secondary N) is 1. The smallest absolute Gasteiger partial charge is 0.223 e. The first-order chi connectivity index (χ1) is 8.67. The van der Waals surface area contributed by atoms with Crippen LogP contribution in [0.1, 0.15) is 11.7 Å². The number of hydrogen-bond acceptors (Lipinski definition) is 6. The highest BCUT2D eigenvalue weighted by atomic mass is 16.5. The Morgan fingerprint density at radius 2 is 2.22 bits per heavy atom. The van der Waals surface area contributed by atoms with E-state index in [2.05, 4.69) is 15.5 Å². The third kappa shape index (κ3) is 3.13. The highest BCUT2D eigenvalue weighted by Crippen LogP contribution is 2.21. The Hall–Kier alpha value is -2.24. The molecule has 0 unspecified atom stereocenters. The van der Waals surface area contributed by atoms with Crippen LogP contribution in [0.25, 0.3) is 0 Å². The standard InChI is InChI=1S/C12H16N4O2/c1-8-15-12(16-18-8)3-4-14-10-5-9(13)6-11(7-10)17-2/h5-7,14H,3-4,13H2,1-2H3. The predicted octanol–water partition coefficient (Wildman–Crippen LogP) is 1.62. The molecular weight excluding hydrogens is 232 g/mol. The third-order valence-electron chi connectivity index (χ3n) is 2.41. The zero-order valence-corrected chi connectivity index (χ0v) is 10.4. The summed E-state index contributed by atoms with van der Waals surface area (Å²) in [6.07, 6.45) is 0.689. The molecule has 1 aromatic carbocycles. The number of hydrogen-bond donors (Lipinski definition) is 2. The molecule has 0 bridgehead atoms. The molecule has 6 heteroatoms. The van der Waals surface area contributed by atoms with Gasteiger partial charge in [-0.2, -0.15) is 4.98 Å². The van der Waals surface area contributed by atoms with Gasteiger partial charge in [0, 0.05) is 43.4 Å². The van der Waals surface area contributed by atoms with E-state index in [4.69, 9.17) is 15.0 Å². The fourth-order valence-electron chi connectivity index (χ4n) is 1.60. The van der Waals surface area contributed by atoms with Crippen molar-refractivity contribution in [3.63, 3.8) is 0 Å². The number of methoxy groups -OCH3 is 1. The number of nitrogen functional groups attached to an aromatic ring is 1. The van der Waals surface area contributed by atoms with Crippen LogP contribution in [0.3, 0.4) is 0 Å². The van der Waals surface area contributed by atoms with E-state index in [1.165, 1.54) is 0 Å². The molecule has 0 atom stereocenters. The average Bonchev–Trinajstić information content (AvgIpc) is 2.74. The summed E-state index contributed by atoms with van der Waals surface area (Å²) in [6, 6.07) is 5.51. The summed E-state index contributed by atoms with van der Waals surface area (Å²) in [5, 5.41) is 7.06. The van der Waals surface area contributed by atoms with E-state index in [1.54, 1.807) is 20.1 Å². The molecule has 96 valence electrons. The van der Waals surface area contributed by atoms with E-state index in [0.717, 1.165) is 11.4 Å². The van der Waals surface area contributed by atoms with Crippen LogP contribution in [-0.4, -0.2) is 23.8 Å². The van der Waals surface area contributed by atoms with Gasteiger partial charge in [-0.15, -0.1) is 0 Å². The summed E-state index contributed by atoms with van der Waals surface area (Å²) in [5.74, 6) is 2.00. The molecule has 6 nitrogen and oxygen atoms in total. The number of anilines is 2. The molecular formula is C12H16N4O2. The molecule has 0 radical (unpaired) electrons. The van der Waals surface area contributed by atoms with Crippen molar-refractivity contribution in [2.24, 2.45) is 0 Å². The van der Waals surface area contributed by atoms with Gasteiger partial charge in [-0.25, -0.2) is 0 Å². The van der Waals surface area contributed by atoms with Gasteiger partial charge in [0.25, 0.3) is 0 Å². The summed E-state index contributed by atoms with van der Waals surface area (Å²) in [6.45, 7) is 2.47. The van der Waals surface area contributed by atoms with Crippen LogP contribution < -0.4 is 15.8 Å². The van der Waals surface area contributed by atoms with Crippen LogP contribution in [-0.2, 0) is 6.42 Å². The SMILES string of the molecule is COc1cc(N)cc(NCCc2noc(C)n2)c1. The van der Waals surface area contributed by atoms with Gasteiger partial charge in [-0.3, -0.25) is 0 Å². The minimum atomic E-state index is 0.579. The Labute approximate surface area is 105 Å². The molecule has 2 rings (SSSR count). The molecule has 0 saturated heterocycles. The number of rotatable bonds is 5. The van der Waals surface area contributed by atoms with E-state index in [1.807, 2.05) is 12.1 Å². The van der Waals surface area contributed by atoms with Crippen LogP contribution >= 0.6 is 0 Å². The molecule has 0 spiro atoms. The lowest BCUT2D eigenvalue weighted by Gasteiger charge is -2.08. The molecule has 3 N–H and O–H groups in total. The maximum Gasteiger partial charge on any atom is 0.223 e. The summed E-state index contributed by atoms with van der Waals surface area (Å²) in [5.41, 5.74) is 7.33. The quantitative estimate of drug-likeness (QED) is 0.782. The first kappa shape index (κ1) is 12.2. The van der Waals surface area contributed by atoms with E-state index in [9.17, 15) is 0 Å². The van der Waals surface area contributed by atoms with Crippen molar-refractivity contribution in [3.05, 3.63) is 29.9 Å². The molecule has 0 fully saturated rings. The van der Waals surface area contributed by atoms with Gasteiger partial charge >= 0.3 is 0 Å². The van der Waals surface area contributed by atoms with Gasteiger partial charge < -0.3 is 20.3 Å². The zero-order chi connectivity index (χ0) is 13.0. The van der Waals surface area contributed by atoms with Gasteiger partial charge in [0.1, 0.15) is 5.75 Å². The van der Waals surface area contributed by atoms with Crippen LogP contribution in [0.4, 0.5) is 11.4 Å². The van der Waals surface area contributed by atoms with E-state index in [-0.39, 0.29) is 0 Å². The van der Waals surface area contributed by atoms with Gasteiger partial charge in [0.2, 0.25) is 5.89 Å². The number of aromatic nitrogens is 2. The van der Waals surface area contributed by atoms with Crippen LogP contribution in [0.15, 0.2) is 22.7 Å². The van der Waals surface area contributed by atoms with Crippen molar-refractivity contribution >= 4 is 11.4 Å².